The molecule has 0 aliphatic rings. The van der Waals surface area contributed by atoms with Gasteiger partial charge >= 0.3 is 0 Å². The minimum atomic E-state index is -0.911. The summed E-state index contributed by atoms with van der Waals surface area (Å²) in [6.07, 6.45) is 0. The summed E-state index contributed by atoms with van der Waals surface area (Å²) < 4.78 is 5.25. The number of aryl methyl sites for hydroxylation is 1. The second kappa shape index (κ2) is 4.64. The third-order valence-electron chi connectivity index (χ3n) is 2.46. The molecule has 1 unspecified atom stereocenters. The fourth-order valence-corrected chi connectivity index (χ4v) is 1.68. The van der Waals surface area contributed by atoms with Gasteiger partial charge in [0.2, 0.25) is 0 Å². The van der Waals surface area contributed by atoms with E-state index in [0.717, 1.165) is 16.9 Å². The van der Waals surface area contributed by atoms with E-state index < -0.39 is 5.60 Å². The molecule has 0 saturated heterocycles. The maximum absolute atomic E-state index is 10.3. The molecule has 1 rings (SSSR count). The van der Waals surface area contributed by atoms with Crippen LogP contribution in [0.1, 0.15) is 18.1 Å². The van der Waals surface area contributed by atoms with Crippen molar-refractivity contribution in [1.82, 2.24) is 5.32 Å². The molecule has 0 radical (unpaired) electrons. The Hall–Kier alpha value is -1.06. The number of likely N-dealkylation sites (N-methyl/N-ethyl adjacent to an activating group) is 1. The Morgan fingerprint density at radius 1 is 1.47 bits per heavy atom. The number of rotatable bonds is 4. The van der Waals surface area contributed by atoms with Gasteiger partial charge in [-0.1, -0.05) is 11.6 Å². The Balaban J connectivity index is 3.15. The van der Waals surface area contributed by atoms with E-state index in [1.165, 1.54) is 0 Å². The molecule has 0 fully saturated rings. The van der Waals surface area contributed by atoms with Crippen molar-refractivity contribution in [1.29, 1.82) is 0 Å². The van der Waals surface area contributed by atoms with Crippen LogP contribution in [0, 0.1) is 6.92 Å². The van der Waals surface area contributed by atoms with Gasteiger partial charge in [0.25, 0.3) is 0 Å². The zero-order chi connectivity index (χ0) is 11.5. The molecular formula is C12H19NO2. The number of methoxy groups -OCH3 is 1. The van der Waals surface area contributed by atoms with Gasteiger partial charge in [-0.05, 0) is 33.0 Å². The zero-order valence-electron chi connectivity index (χ0n) is 9.79. The number of aliphatic hydroxyl groups is 1. The van der Waals surface area contributed by atoms with Crippen molar-refractivity contribution in [2.75, 3.05) is 20.7 Å². The Labute approximate surface area is 91.1 Å². The van der Waals surface area contributed by atoms with Crippen molar-refractivity contribution in [3.8, 4) is 5.75 Å². The highest BCUT2D eigenvalue weighted by atomic mass is 16.5. The summed E-state index contributed by atoms with van der Waals surface area (Å²) in [6.45, 7) is 4.27. The summed E-state index contributed by atoms with van der Waals surface area (Å²) in [6, 6.07) is 5.81. The summed E-state index contributed by atoms with van der Waals surface area (Å²) in [5.74, 6) is 0.723. The van der Waals surface area contributed by atoms with E-state index in [9.17, 15) is 5.11 Å². The van der Waals surface area contributed by atoms with Crippen LogP contribution >= 0.6 is 0 Å². The molecule has 0 aliphatic heterocycles. The quantitative estimate of drug-likeness (QED) is 0.788. The van der Waals surface area contributed by atoms with Gasteiger partial charge in [0.05, 0.1) is 7.11 Å². The normalized spacial score (nSPS) is 14.7. The van der Waals surface area contributed by atoms with Crippen molar-refractivity contribution < 1.29 is 9.84 Å². The van der Waals surface area contributed by atoms with Gasteiger partial charge in [-0.3, -0.25) is 0 Å². The molecule has 2 N–H and O–H groups in total. The van der Waals surface area contributed by atoms with Crippen molar-refractivity contribution >= 4 is 0 Å². The molecule has 1 atom stereocenters. The van der Waals surface area contributed by atoms with Crippen LogP contribution < -0.4 is 10.1 Å². The Morgan fingerprint density at radius 3 is 2.67 bits per heavy atom. The summed E-state index contributed by atoms with van der Waals surface area (Å²) >= 11 is 0. The molecule has 0 spiro atoms. The van der Waals surface area contributed by atoms with Gasteiger partial charge in [-0.25, -0.2) is 0 Å². The van der Waals surface area contributed by atoms with Crippen molar-refractivity contribution in [2.45, 2.75) is 19.4 Å². The molecule has 0 heterocycles. The lowest BCUT2D eigenvalue weighted by atomic mass is 9.93. The van der Waals surface area contributed by atoms with E-state index >= 15 is 0 Å². The Bertz CT molecular complexity index is 334. The molecular weight excluding hydrogens is 190 g/mol. The highest BCUT2D eigenvalue weighted by molar-refractivity contribution is 5.40. The molecule has 0 saturated carbocycles. The fourth-order valence-electron chi connectivity index (χ4n) is 1.68. The first-order chi connectivity index (χ1) is 7.01. The fraction of sp³-hybridized carbons (Fsp3) is 0.500. The lowest BCUT2D eigenvalue weighted by Crippen LogP contribution is -2.33. The molecule has 1 aromatic carbocycles. The number of hydrogen-bond donors (Lipinski definition) is 2. The van der Waals surface area contributed by atoms with E-state index in [1.807, 2.05) is 32.2 Å². The first-order valence-corrected chi connectivity index (χ1v) is 5.03. The van der Waals surface area contributed by atoms with Crippen LogP contribution in [0.15, 0.2) is 18.2 Å². The highest BCUT2D eigenvalue weighted by Gasteiger charge is 2.25. The molecule has 15 heavy (non-hydrogen) atoms. The van der Waals surface area contributed by atoms with Gasteiger partial charge in [-0.15, -0.1) is 0 Å². The smallest absolute Gasteiger partial charge is 0.125 e. The SMILES string of the molecule is CNCC(C)(O)c1cc(C)ccc1OC. The first kappa shape index (κ1) is 12.0. The topological polar surface area (TPSA) is 41.5 Å². The van der Waals surface area contributed by atoms with Gasteiger partial charge in [0, 0.05) is 12.1 Å². The van der Waals surface area contributed by atoms with Crippen molar-refractivity contribution in [2.24, 2.45) is 0 Å². The van der Waals surface area contributed by atoms with Crippen molar-refractivity contribution in [3.05, 3.63) is 29.3 Å². The summed E-state index contributed by atoms with van der Waals surface area (Å²) in [5.41, 5.74) is 1.02. The molecule has 0 bridgehead atoms. The lowest BCUT2D eigenvalue weighted by molar-refractivity contribution is 0.0564. The van der Waals surface area contributed by atoms with Gasteiger partial charge < -0.3 is 15.2 Å². The number of hydrogen-bond acceptors (Lipinski definition) is 3. The van der Waals surface area contributed by atoms with E-state index in [0.29, 0.717) is 6.54 Å². The van der Waals surface area contributed by atoms with Crippen LogP contribution in [-0.4, -0.2) is 25.8 Å². The molecule has 0 aromatic heterocycles. The van der Waals surface area contributed by atoms with Gasteiger partial charge in [-0.2, -0.15) is 0 Å². The monoisotopic (exact) mass is 209 g/mol. The maximum Gasteiger partial charge on any atom is 0.125 e. The molecule has 0 aliphatic carbocycles. The number of benzene rings is 1. The molecule has 84 valence electrons. The van der Waals surface area contributed by atoms with Crippen LogP contribution in [0.5, 0.6) is 5.75 Å². The standard InChI is InChI=1S/C12H19NO2/c1-9-5-6-11(15-4)10(7-9)12(2,14)8-13-3/h5-7,13-14H,8H2,1-4H3. The van der Waals surface area contributed by atoms with Crippen LogP contribution in [0.2, 0.25) is 0 Å². The average Bonchev–Trinajstić information content (AvgIpc) is 2.17. The maximum atomic E-state index is 10.3. The lowest BCUT2D eigenvalue weighted by Gasteiger charge is -2.25. The predicted octanol–water partition coefficient (Wildman–Crippen LogP) is 1.43. The van der Waals surface area contributed by atoms with Crippen molar-refractivity contribution in [3.63, 3.8) is 0 Å². The highest BCUT2D eigenvalue weighted by Crippen LogP contribution is 2.30. The minimum absolute atomic E-state index is 0.493. The van der Waals surface area contributed by atoms with E-state index in [-0.39, 0.29) is 0 Å². The zero-order valence-corrected chi connectivity index (χ0v) is 9.79. The Morgan fingerprint density at radius 2 is 2.13 bits per heavy atom. The number of ether oxygens (including phenoxy) is 1. The van der Waals surface area contributed by atoms with E-state index in [1.54, 1.807) is 14.0 Å². The summed E-state index contributed by atoms with van der Waals surface area (Å²) in [7, 11) is 3.43. The Kier molecular flexibility index (Phi) is 3.72. The third kappa shape index (κ3) is 2.70. The summed E-state index contributed by atoms with van der Waals surface area (Å²) in [4.78, 5) is 0. The van der Waals surface area contributed by atoms with Crippen LogP contribution in [0.4, 0.5) is 0 Å². The molecule has 3 heteroatoms. The third-order valence-corrected chi connectivity index (χ3v) is 2.46. The van der Waals surface area contributed by atoms with Crippen LogP contribution in [-0.2, 0) is 5.60 Å². The van der Waals surface area contributed by atoms with E-state index in [2.05, 4.69) is 5.32 Å². The van der Waals surface area contributed by atoms with E-state index in [4.69, 9.17) is 4.74 Å². The largest absolute Gasteiger partial charge is 0.496 e. The molecule has 1 aromatic rings. The van der Waals surface area contributed by atoms with Gasteiger partial charge in [0.15, 0.2) is 0 Å². The van der Waals surface area contributed by atoms with Crippen LogP contribution in [0.3, 0.4) is 0 Å². The first-order valence-electron chi connectivity index (χ1n) is 5.03. The molecule has 3 nitrogen and oxygen atoms in total. The second-order valence-electron chi connectivity index (χ2n) is 4.01. The average molecular weight is 209 g/mol. The number of nitrogens with one attached hydrogen (secondary N) is 1. The summed E-state index contributed by atoms with van der Waals surface area (Å²) in [5, 5.41) is 13.3. The second-order valence-corrected chi connectivity index (χ2v) is 4.01. The van der Waals surface area contributed by atoms with Gasteiger partial charge in [0.1, 0.15) is 11.4 Å². The van der Waals surface area contributed by atoms with Crippen LogP contribution in [0.25, 0.3) is 0 Å². The minimum Gasteiger partial charge on any atom is -0.496 e. The molecule has 0 amide bonds. The predicted molar refractivity (Wildman–Crippen MR) is 61.2 cm³/mol.